The van der Waals surface area contributed by atoms with Gasteiger partial charge in [-0.1, -0.05) is 159 Å². The molecule has 0 aliphatic carbocycles. The summed E-state index contributed by atoms with van der Waals surface area (Å²) in [6, 6.07) is 59.6. The Balaban J connectivity index is 1.18. The van der Waals surface area contributed by atoms with Gasteiger partial charge in [0.2, 0.25) is 5.89 Å². The van der Waals surface area contributed by atoms with Gasteiger partial charge in [-0.05, 0) is 134 Å². The van der Waals surface area contributed by atoms with E-state index in [-0.39, 0.29) is 10.8 Å². The van der Waals surface area contributed by atoms with E-state index in [0.717, 1.165) is 45.7 Å². The van der Waals surface area contributed by atoms with Crippen molar-refractivity contribution in [3.8, 4) is 44.8 Å². The van der Waals surface area contributed by atoms with E-state index in [9.17, 15) is 0 Å². The number of fused-ring (bicyclic) bond motifs is 1. The number of oxazole rings is 1. The maximum Gasteiger partial charge on any atom is 0.227 e. The zero-order valence-corrected chi connectivity index (χ0v) is 35.2. The third-order valence-electron chi connectivity index (χ3n) is 11.1. The van der Waals surface area contributed by atoms with E-state index in [1.165, 1.54) is 44.5 Å². The summed E-state index contributed by atoms with van der Waals surface area (Å²) in [5.41, 5.74) is 17.3. The molecule has 0 radical (unpaired) electrons. The van der Waals surface area contributed by atoms with E-state index >= 15 is 0 Å². The minimum Gasteiger partial charge on any atom is -0.436 e. The van der Waals surface area contributed by atoms with Crippen molar-refractivity contribution < 1.29 is 4.42 Å². The smallest absolute Gasteiger partial charge is 0.227 e. The molecule has 0 N–H and O–H groups in total. The van der Waals surface area contributed by atoms with Crippen LogP contribution in [0.5, 0.6) is 0 Å². The topological polar surface area (TPSA) is 29.3 Å². The van der Waals surface area contributed by atoms with Crippen LogP contribution in [0, 0.1) is 5.92 Å². The molecular formula is C55H54N2O. The Morgan fingerprint density at radius 2 is 0.948 bits per heavy atom. The van der Waals surface area contributed by atoms with E-state index in [4.69, 9.17) is 9.40 Å². The van der Waals surface area contributed by atoms with E-state index in [1.54, 1.807) is 0 Å². The molecule has 0 spiro atoms. The molecule has 58 heavy (non-hydrogen) atoms. The predicted octanol–water partition coefficient (Wildman–Crippen LogP) is 15.8. The van der Waals surface area contributed by atoms with Crippen LogP contribution in [-0.2, 0) is 17.3 Å². The van der Waals surface area contributed by atoms with Crippen molar-refractivity contribution in [1.82, 2.24) is 4.98 Å². The average molecular weight is 759 g/mol. The van der Waals surface area contributed by atoms with Crippen LogP contribution in [0.25, 0.3) is 55.9 Å². The van der Waals surface area contributed by atoms with Gasteiger partial charge in [0.1, 0.15) is 5.52 Å². The standard InChI is InChI=1S/C55H54N2O/c1-37(2)35-38-17-34-48(50(36-38)49-14-10-9-13-47(49)39-18-20-41(21-19-39)53-56-51-15-11-12-16-52(51)58-53)40-22-28-44(29-23-40)57(45-30-24-42(25-31-45)54(3,4)5)46-32-26-43(27-33-46)55(6,7)8/h9-34,36-37H,35H2,1-8H3. The van der Waals surface area contributed by atoms with E-state index in [2.05, 4.69) is 200 Å². The lowest BCUT2D eigenvalue weighted by Crippen LogP contribution is -2.14. The number of aromatic nitrogens is 1. The fourth-order valence-electron chi connectivity index (χ4n) is 7.88. The monoisotopic (exact) mass is 758 g/mol. The van der Waals surface area contributed by atoms with Gasteiger partial charge in [0.25, 0.3) is 0 Å². The first-order valence-corrected chi connectivity index (χ1v) is 20.6. The number of benzene rings is 7. The molecule has 0 aliphatic rings. The summed E-state index contributed by atoms with van der Waals surface area (Å²) in [7, 11) is 0. The molecule has 3 nitrogen and oxygen atoms in total. The molecule has 0 aliphatic heterocycles. The predicted molar refractivity (Wildman–Crippen MR) is 246 cm³/mol. The van der Waals surface area contributed by atoms with Crippen LogP contribution in [-0.4, -0.2) is 4.98 Å². The Hall–Kier alpha value is -6.19. The van der Waals surface area contributed by atoms with Crippen LogP contribution >= 0.6 is 0 Å². The second-order valence-corrected chi connectivity index (χ2v) is 18.1. The summed E-state index contributed by atoms with van der Waals surface area (Å²) in [6.45, 7) is 18.2. The molecule has 0 saturated carbocycles. The van der Waals surface area contributed by atoms with Crippen LogP contribution < -0.4 is 4.90 Å². The van der Waals surface area contributed by atoms with Crippen molar-refractivity contribution in [3.63, 3.8) is 0 Å². The van der Waals surface area contributed by atoms with Crippen molar-refractivity contribution in [2.75, 3.05) is 4.90 Å². The molecule has 0 unspecified atom stereocenters. The highest BCUT2D eigenvalue weighted by molar-refractivity contribution is 5.93. The number of hydrogen-bond donors (Lipinski definition) is 0. The van der Waals surface area contributed by atoms with Gasteiger partial charge in [0.15, 0.2) is 5.58 Å². The van der Waals surface area contributed by atoms with Gasteiger partial charge in [-0.15, -0.1) is 0 Å². The molecule has 1 aromatic heterocycles. The summed E-state index contributed by atoms with van der Waals surface area (Å²) in [4.78, 5) is 7.10. The minimum atomic E-state index is 0.0802. The number of anilines is 3. The summed E-state index contributed by atoms with van der Waals surface area (Å²) in [5.74, 6) is 1.18. The van der Waals surface area contributed by atoms with Crippen molar-refractivity contribution >= 4 is 28.2 Å². The molecule has 0 amide bonds. The molecule has 0 bridgehead atoms. The highest BCUT2D eigenvalue weighted by Crippen LogP contribution is 2.42. The summed E-state index contributed by atoms with van der Waals surface area (Å²) in [6.07, 6.45) is 1.02. The largest absolute Gasteiger partial charge is 0.436 e. The first-order chi connectivity index (χ1) is 27.8. The molecule has 0 saturated heterocycles. The normalized spacial score (nSPS) is 12.0. The average Bonchev–Trinajstić information content (AvgIpc) is 3.66. The quantitative estimate of drug-likeness (QED) is 0.147. The van der Waals surface area contributed by atoms with Crippen LogP contribution in [0.1, 0.15) is 72.1 Å². The van der Waals surface area contributed by atoms with Gasteiger partial charge in [-0.3, -0.25) is 0 Å². The second kappa shape index (κ2) is 15.6. The molecule has 0 atom stereocenters. The Bertz CT molecular complexity index is 2560. The highest BCUT2D eigenvalue weighted by atomic mass is 16.3. The lowest BCUT2D eigenvalue weighted by atomic mass is 9.86. The highest BCUT2D eigenvalue weighted by Gasteiger charge is 2.20. The van der Waals surface area contributed by atoms with Crippen LogP contribution in [0.4, 0.5) is 17.1 Å². The van der Waals surface area contributed by atoms with Crippen molar-refractivity contribution in [3.05, 3.63) is 180 Å². The molecule has 3 heteroatoms. The van der Waals surface area contributed by atoms with Gasteiger partial charge < -0.3 is 9.32 Å². The van der Waals surface area contributed by atoms with Gasteiger partial charge >= 0.3 is 0 Å². The lowest BCUT2D eigenvalue weighted by molar-refractivity contribution is 0.590. The molecule has 0 fully saturated rings. The summed E-state index contributed by atoms with van der Waals surface area (Å²) in [5, 5.41) is 0. The second-order valence-electron chi connectivity index (χ2n) is 18.1. The Morgan fingerprint density at radius 3 is 1.48 bits per heavy atom. The van der Waals surface area contributed by atoms with Crippen LogP contribution in [0.15, 0.2) is 168 Å². The van der Waals surface area contributed by atoms with Gasteiger partial charge in [0.05, 0.1) is 0 Å². The fraction of sp³-hybridized carbons (Fsp3) is 0.218. The number of para-hydroxylation sites is 2. The zero-order chi connectivity index (χ0) is 40.6. The van der Waals surface area contributed by atoms with Crippen LogP contribution in [0.3, 0.4) is 0 Å². The molecule has 8 rings (SSSR count). The van der Waals surface area contributed by atoms with Crippen LogP contribution in [0.2, 0.25) is 0 Å². The van der Waals surface area contributed by atoms with Crippen molar-refractivity contribution in [2.45, 2.75) is 72.6 Å². The van der Waals surface area contributed by atoms with E-state index in [1.807, 2.05) is 24.3 Å². The first-order valence-electron chi connectivity index (χ1n) is 20.6. The Labute approximate surface area is 345 Å². The van der Waals surface area contributed by atoms with Crippen molar-refractivity contribution in [1.29, 1.82) is 0 Å². The Morgan fingerprint density at radius 1 is 0.483 bits per heavy atom. The maximum atomic E-state index is 6.09. The summed E-state index contributed by atoms with van der Waals surface area (Å²) >= 11 is 0. The number of nitrogens with zero attached hydrogens (tertiary/aromatic N) is 2. The third kappa shape index (κ3) is 8.13. The zero-order valence-electron chi connectivity index (χ0n) is 35.2. The number of hydrogen-bond acceptors (Lipinski definition) is 3. The SMILES string of the molecule is CC(C)Cc1ccc(-c2ccc(N(c3ccc(C(C)(C)C)cc3)c3ccc(C(C)(C)C)cc3)cc2)c(-c2ccccc2-c2ccc(-c3nc4ccccc4o3)cc2)c1. The minimum absolute atomic E-state index is 0.0802. The molecule has 7 aromatic carbocycles. The summed E-state index contributed by atoms with van der Waals surface area (Å²) < 4.78 is 6.09. The van der Waals surface area contributed by atoms with E-state index < -0.39 is 0 Å². The third-order valence-corrected chi connectivity index (χ3v) is 11.1. The van der Waals surface area contributed by atoms with Gasteiger partial charge in [0, 0.05) is 22.6 Å². The van der Waals surface area contributed by atoms with Crippen molar-refractivity contribution in [2.24, 2.45) is 5.92 Å². The lowest BCUT2D eigenvalue weighted by Gasteiger charge is -2.28. The Kier molecular flexibility index (Phi) is 10.4. The molecule has 8 aromatic rings. The fourth-order valence-corrected chi connectivity index (χ4v) is 7.88. The molecule has 1 heterocycles. The number of rotatable bonds is 9. The maximum absolute atomic E-state index is 6.09. The first kappa shape index (κ1) is 38.7. The van der Waals surface area contributed by atoms with Gasteiger partial charge in [-0.25, -0.2) is 4.98 Å². The van der Waals surface area contributed by atoms with E-state index in [0.29, 0.717) is 11.8 Å². The van der Waals surface area contributed by atoms with Gasteiger partial charge in [-0.2, -0.15) is 0 Å². The molecular weight excluding hydrogens is 705 g/mol. The molecule has 290 valence electrons.